The minimum Gasteiger partial charge on any atom is -0.481 e. The third kappa shape index (κ3) is 3.53. The van der Waals surface area contributed by atoms with Gasteiger partial charge < -0.3 is 15.3 Å². The number of amides is 4. The lowest BCUT2D eigenvalue weighted by atomic mass is 10.1. The first-order valence-electron chi connectivity index (χ1n) is 7.50. The third-order valence-corrected chi connectivity index (χ3v) is 3.81. The Morgan fingerprint density at radius 1 is 1.21 bits per heavy atom. The molecule has 0 saturated carbocycles. The third-order valence-electron chi connectivity index (χ3n) is 3.81. The molecule has 0 saturated heterocycles. The van der Waals surface area contributed by atoms with Gasteiger partial charge in [-0.2, -0.15) is 0 Å². The molecule has 128 valence electrons. The maximum atomic E-state index is 12.2. The van der Waals surface area contributed by atoms with Crippen LogP contribution in [-0.2, 0) is 4.79 Å². The smallest absolute Gasteiger partial charge is 0.317 e. The second kappa shape index (κ2) is 7.12. The van der Waals surface area contributed by atoms with E-state index >= 15 is 0 Å². The number of nitrogens with zero attached hydrogens (tertiary/aromatic N) is 2. The minimum absolute atomic E-state index is 0.0560. The zero-order valence-corrected chi connectivity index (χ0v) is 13.5. The number of nitrogens with one attached hydrogen (secondary N) is 1. The molecule has 24 heavy (non-hydrogen) atoms. The van der Waals surface area contributed by atoms with Crippen molar-refractivity contribution in [2.75, 3.05) is 26.7 Å². The van der Waals surface area contributed by atoms with Crippen molar-refractivity contribution in [1.82, 2.24) is 15.1 Å². The molecule has 8 nitrogen and oxygen atoms in total. The van der Waals surface area contributed by atoms with Crippen LogP contribution in [0.3, 0.4) is 0 Å². The van der Waals surface area contributed by atoms with Gasteiger partial charge in [0.2, 0.25) is 0 Å². The predicted octanol–water partition coefficient (Wildman–Crippen LogP) is 0.645. The molecule has 2 N–H and O–H groups in total. The highest BCUT2D eigenvalue weighted by atomic mass is 16.4. The Hall–Kier alpha value is -2.90. The number of fused-ring (bicyclic) bond motifs is 1. The fraction of sp³-hybridized carbons (Fsp3) is 0.375. The van der Waals surface area contributed by atoms with E-state index < -0.39 is 17.9 Å². The van der Waals surface area contributed by atoms with Crippen molar-refractivity contribution in [2.24, 2.45) is 5.92 Å². The molecule has 0 fully saturated rings. The van der Waals surface area contributed by atoms with Gasteiger partial charge in [-0.05, 0) is 12.1 Å². The van der Waals surface area contributed by atoms with E-state index in [0.717, 1.165) is 4.90 Å². The van der Waals surface area contributed by atoms with E-state index in [1.54, 1.807) is 24.3 Å². The monoisotopic (exact) mass is 333 g/mol. The van der Waals surface area contributed by atoms with Gasteiger partial charge in [-0.3, -0.25) is 19.3 Å². The summed E-state index contributed by atoms with van der Waals surface area (Å²) >= 11 is 0. The van der Waals surface area contributed by atoms with Crippen molar-refractivity contribution in [3.8, 4) is 0 Å². The van der Waals surface area contributed by atoms with Gasteiger partial charge >= 0.3 is 12.0 Å². The van der Waals surface area contributed by atoms with E-state index in [9.17, 15) is 19.2 Å². The highest BCUT2D eigenvalue weighted by molar-refractivity contribution is 6.21. The average Bonchev–Trinajstić information content (AvgIpc) is 2.79. The van der Waals surface area contributed by atoms with Crippen LogP contribution in [0.2, 0.25) is 0 Å². The summed E-state index contributed by atoms with van der Waals surface area (Å²) < 4.78 is 0. The molecule has 1 aliphatic heterocycles. The molecule has 4 amide bonds. The zero-order valence-electron chi connectivity index (χ0n) is 13.5. The molecular formula is C16H19N3O5. The van der Waals surface area contributed by atoms with Gasteiger partial charge in [-0.15, -0.1) is 0 Å². The number of carbonyl (C=O) groups excluding carboxylic acids is 3. The number of benzene rings is 1. The van der Waals surface area contributed by atoms with Crippen molar-refractivity contribution < 1.29 is 24.3 Å². The van der Waals surface area contributed by atoms with Crippen LogP contribution in [0.25, 0.3) is 0 Å². The molecule has 1 aliphatic rings. The Kier molecular flexibility index (Phi) is 5.18. The van der Waals surface area contributed by atoms with Crippen LogP contribution >= 0.6 is 0 Å². The maximum Gasteiger partial charge on any atom is 0.317 e. The first-order chi connectivity index (χ1) is 11.3. The molecule has 8 heteroatoms. The molecule has 2 rings (SSSR count). The average molecular weight is 333 g/mol. The summed E-state index contributed by atoms with van der Waals surface area (Å²) in [5, 5.41) is 11.4. The normalized spacial score (nSPS) is 14.3. The van der Waals surface area contributed by atoms with E-state index in [1.165, 1.54) is 18.9 Å². The van der Waals surface area contributed by atoms with Crippen LogP contribution in [-0.4, -0.2) is 65.4 Å². The number of urea groups is 1. The lowest BCUT2D eigenvalue weighted by molar-refractivity contribution is -0.141. The fourth-order valence-electron chi connectivity index (χ4n) is 2.42. The first kappa shape index (κ1) is 17.5. The maximum absolute atomic E-state index is 12.2. The Labute approximate surface area is 139 Å². The molecule has 1 unspecified atom stereocenters. The summed E-state index contributed by atoms with van der Waals surface area (Å²) in [4.78, 5) is 49.3. The van der Waals surface area contributed by atoms with E-state index in [1.807, 2.05) is 0 Å². The molecule has 0 aliphatic carbocycles. The second-order valence-electron chi connectivity index (χ2n) is 5.66. The summed E-state index contributed by atoms with van der Waals surface area (Å²) in [6, 6.07) is 6.10. The summed E-state index contributed by atoms with van der Waals surface area (Å²) in [5.41, 5.74) is 0.724. The Morgan fingerprint density at radius 3 is 2.25 bits per heavy atom. The number of carbonyl (C=O) groups is 4. The highest BCUT2D eigenvalue weighted by Gasteiger charge is 2.34. The first-order valence-corrected chi connectivity index (χ1v) is 7.50. The van der Waals surface area contributed by atoms with Crippen molar-refractivity contribution in [3.63, 3.8) is 0 Å². The molecule has 1 atom stereocenters. The number of rotatable bonds is 6. The summed E-state index contributed by atoms with van der Waals surface area (Å²) in [6.45, 7) is 1.72. The largest absolute Gasteiger partial charge is 0.481 e. The van der Waals surface area contributed by atoms with Crippen LogP contribution in [0.1, 0.15) is 27.6 Å². The molecule has 0 spiro atoms. The summed E-state index contributed by atoms with van der Waals surface area (Å²) in [5.74, 6) is -2.42. The minimum atomic E-state index is -0.985. The van der Waals surface area contributed by atoms with Gasteiger partial charge in [0.1, 0.15) is 0 Å². The van der Waals surface area contributed by atoms with Crippen molar-refractivity contribution in [2.45, 2.75) is 6.92 Å². The molecule has 1 aromatic rings. The van der Waals surface area contributed by atoms with E-state index in [0.29, 0.717) is 11.1 Å². The van der Waals surface area contributed by atoms with E-state index in [2.05, 4.69) is 5.32 Å². The predicted molar refractivity (Wildman–Crippen MR) is 84.6 cm³/mol. The van der Waals surface area contributed by atoms with E-state index in [4.69, 9.17) is 5.11 Å². The Bertz CT molecular complexity index is 653. The summed E-state index contributed by atoms with van der Waals surface area (Å²) in [7, 11) is 1.48. The number of hydrogen-bond acceptors (Lipinski definition) is 4. The molecule has 0 radical (unpaired) electrons. The van der Waals surface area contributed by atoms with Crippen LogP contribution in [0.15, 0.2) is 24.3 Å². The Morgan fingerprint density at radius 2 is 1.75 bits per heavy atom. The van der Waals surface area contributed by atoms with Crippen molar-refractivity contribution >= 4 is 23.8 Å². The number of carboxylic acid groups (broad SMARTS) is 1. The van der Waals surface area contributed by atoms with Crippen molar-refractivity contribution in [1.29, 1.82) is 0 Å². The molecular weight excluding hydrogens is 314 g/mol. The van der Waals surface area contributed by atoms with Crippen LogP contribution < -0.4 is 5.32 Å². The topological polar surface area (TPSA) is 107 Å². The number of aliphatic carboxylic acids is 1. The van der Waals surface area contributed by atoms with Gasteiger partial charge in [-0.25, -0.2) is 4.79 Å². The van der Waals surface area contributed by atoms with Crippen LogP contribution in [0.4, 0.5) is 4.79 Å². The second-order valence-corrected chi connectivity index (χ2v) is 5.66. The SMILES string of the molecule is CC(CN(C)C(=O)NCCN1C(=O)c2ccccc2C1=O)C(=O)O. The lowest BCUT2D eigenvalue weighted by Crippen LogP contribution is -2.44. The van der Waals surface area contributed by atoms with Crippen LogP contribution in [0, 0.1) is 5.92 Å². The Balaban J connectivity index is 1.85. The van der Waals surface area contributed by atoms with Gasteiger partial charge in [0, 0.05) is 26.7 Å². The van der Waals surface area contributed by atoms with Crippen LogP contribution in [0.5, 0.6) is 0 Å². The van der Waals surface area contributed by atoms with Gasteiger partial charge in [0.05, 0.1) is 17.0 Å². The van der Waals surface area contributed by atoms with E-state index in [-0.39, 0.29) is 31.4 Å². The number of carboxylic acids is 1. The quantitative estimate of drug-likeness (QED) is 0.743. The fourth-order valence-corrected chi connectivity index (χ4v) is 2.42. The highest BCUT2D eigenvalue weighted by Crippen LogP contribution is 2.21. The van der Waals surface area contributed by atoms with Gasteiger partial charge in [-0.1, -0.05) is 19.1 Å². The van der Waals surface area contributed by atoms with Gasteiger partial charge in [0.15, 0.2) is 0 Å². The molecule has 0 aromatic heterocycles. The van der Waals surface area contributed by atoms with Gasteiger partial charge in [0.25, 0.3) is 11.8 Å². The molecule has 0 bridgehead atoms. The standard InChI is InChI=1S/C16H19N3O5/c1-10(15(22)23)9-18(2)16(24)17-7-8-19-13(20)11-5-3-4-6-12(11)14(19)21/h3-6,10H,7-9H2,1-2H3,(H,17,24)(H,22,23). The lowest BCUT2D eigenvalue weighted by Gasteiger charge is -2.21. The molecule has 1 heterocycles. The van der Waals surface area contributed by atoms with Crippen molar-refractivity contribution in [3.05, 3.63) is 35.4 Å². The number of imide groups is 1. The molecule has 1 aromatic carbocycles. The zero-order chi connectivity index (χ0) is 17.9. The number of hydrogen-bond donors (Lipinski definition) is 2. The summed E-state index contributed by atoms with van der Waals surface area (Å²) in [6.07, 6.45) is 0.